The molecule has 2 rings (SSSR count). The van der Waals surface area contributed by atoms with E-state index in [2.05, 4.69) is 15.3 Å². The van der Waals surface area contributed by atoms with E-state index in [1.165, 1.54) is 24.5 Å². The normalized spacial score (nSPS) is 10.2. The third-order valence-corrected chi connectivity index (χ3v) is 2.55. The lowest BCUT2D eigenvalue weighted by Crippen LogP contribution is -2.13. The van der Waals surface area contributed by atoms with Gasteiger partial charge in [-0.25, -0.2) is 14.4 Å². The van der Waals surface area contributed by atoms with Crippen LogP contribution in [0, 0.1) is 5.82 Å². The molecule has 0 spiro atoms. The first kappa shape index (κ1) is 12.7. The summed E-state index contributed by atoms with van der Waals surface area (Å²) in [5, 5.41) is 2.57. The molecular weight excluding hydrogens is 280 g/mol. The summed E-state index contributed by atoms with van der Waals surface area (Å²) < 4.78 is 12.9. The Hall–Kier alpha value is -1.72. The van der Waals surface area contributed by atoms with Crippen molar-refractivity contribution in [2.24, 2.45) is 0 Å². The van der Waals surface area contributed by atoms with Gasteiger partial charge in [0.25, 0.3) is 5.91 Å². The monoisotopic (exact) mass is 285 g/mol. The number of carbonyl (C=O) groups is 1. The number of benzene rings is 1. The van der Waals surface area contributed by atoms with Crippen molar-refractivity contribution in [3.05, 3.63) is 52.1 Å². The van der Waals surface area contributed by atoms with Gasteiger partial charge in [0, 0.05) is 11.6 Å². The Labute approximate surface area is 112 Å². The van der Waals surface area contributed by atoms with E-state index in [9.17, 15) is 9.18 Å². The van der Waals surface area contributed by atoms with E-state index in [0.717, 1.165) is 6.07 Å². The van der Waals surface area contributed by atoms with Gasteiger partial charge in [-0.3, -0.25) is 4.79 Å². The molecule has 0 saturated heterocycles. The molecule has 92 valence electrons. The van der Waals surface area contributed by atoms with Crippen molar-refractivity contribution < 1.29 is 9.18 Å². The second-order valence-corrected chi connectivity index (χ2v) is 4.10. The smallest absolute Gasteiger partial charge is 0.256 e. The fraction of sp³-hybridized carbons (Fsp3) is 0. The standard InChI is InChI=1S/C11H6Cl2FN3O/c12-7-3-6(1-2-8(7)14)11(18)17-10-4-9(13)15-5-16-10/h1-5H,(H,15,16,17,18). The Balaban J connectivity index is 2.19. The third kappa shape index (κ3) is 2.94. The molecule has 0 fully saturated rings. The first-order valence-corrected chi connectivity index (χ1v) is 5.56. The predicted octanol–water partition coefficient (Wildman–Crippen LogP) is 3.17. The van der Waals surface area contributed by atoms with Crippen LogP contribution in [-0.4, -0.2) is 15.9 Å². The topological polar surface area (TPSA) is 54.9 Å². The van der Waals surface area contributed by atoms with Crippen LogP contribution in [0.15, 0.2) is 30.6 Å². The Morgan fingerprint density at radius 3 is 2.67 bits per heavy atom. The van der Waals surface area contributed by atoms with E-state index in [-0.39, 0.29) is 21.6 Å². The van der Waals surface area contributed by atoms with Gasteiger partial charge in [-0.1, -0.05) is 23.2 Å². The van der Waals surface area contributed by atoms with Crippen LogP contribution in [0.25, 0.3) is 0 Å². The lowest BCUT2D eigenvalue weighted by molar-refractivity contribution is 0.102. The predicted molar refractivity (Wildman–Crippen MR) is 66.4 cm³/mol. The molecule has 1 aromatic heterocycles. The van der Waals surface area contributed by atoms with Gasteiger partial charge >= 0.3 is 0 Å². The summed E-state index contributed by atoms with van der Waals surface area (Å²) in [5.41, 5.74) is 0.219. The minimum Gasteiger partial charge on any atom is -0.306 e. The summed E-state index contributed by atoms with van der Waals surface area (Å²) in [5.74, 6) is -0.801. The maximum absolute atomic E-state index is 12.9. The second-order valence-electron chi connectivity index (χ2n) is 3.31. The molecule has 0 aliphatic rings. The number of rotatable bonds is 2. The van der Waals surface area contributed by atoms with Gasteiger partial charge in [0.2, 0.25) is 0 Å². The number of halogens is 3. The number of aromatic nitrogens is 2. The van der Waals surface area contributed by atoms with Crippen LogP contribution in [0.1, 0.15) is 10.4 Å². The molecule has 0 bridgehead atoms. The molecule has 18 heavy (non-hydrogen) atoms. The molecule has 4 nitrogen and oxygen atoms in total. The Kier molecular flexibility index (Phi) is 3.74. The van der Waals surface area contributed by atoms with Crippen LogP contribution in [0.3, 0.4) is 0 Å². The van der Waals surface area contributed by atoms with Crippen molar-refractivity contribution in [3.8, 4) is 0 Å². The molecule has 1 amide bonds. The van der Waals surface area contributed by atoms with Gasteiger partial charge < -0.3 is 5.32 Å². The zero-order valence-electron chi connectivity index (χ0n) is 8.82. The quantitative estimate of drug-likeness (QED) is 0.863. The van der Waals surface area contributed by atoms with Gasteiger partial charge in [-0.2, -0.15) is 0 Å². The molecule has 0 unspecified atom stereocenters. The Morgan fingerprint density at radius 1 is 1.22 bits per heavy atom. The fourth-order valence-corrected chi connectivity index (χ4v) is 1.56. The van der Waals surface area contributed by atoms with Crippen LogP contribution in [0.2, 0.25) is 10.2 Å². The maximum Gasteiger partial charge on any atom is 0.256 e. The molecule has 1 aromatic carbocycles. The highest BCUT2D eigenvalue weighted by atomic mass is 35.5. The summed E-state index contributed by atoms with van der Waals surface area (Å²) in [6.45, 7) is 0. The van der Waals surface area contributed by atoms with Crippen molar-refractivity contribution in [2.45, 2.75) is 0 Å². The van der Waals surface area contributed by atoms with Gasteiger partial charge in [0.05, 0.1) is 5.02 Å². The van der Waals surface area contributed by atoms with Gasteiger partial charge in [-0.15, -0.1) is 0 Å². The molecule has 0 atom stereocenters. The van der Waals surface area contributed by atoms with Crippen molar-refractivity contribution in [1.82, 2.24) is 9.97 Å². The fourth-order valence-electron chi connectivity index (χ4n) is 1.23. The van der Waals surface area contributed by atoms with Gasteiger partial charge in [0.15, 0.2) is 0 Å². The molecule has 0 saturated carbocycles. The Bertz CT molecular complexity index is 607. The van der Waals surface area contributed by atoms with Crippen LogP contribution in [0.4, 0.5) is 10.2 Å². The number of carbonyl (C=O) groups excluding carboxylic acids is 1. The lowest BCUT2D eigenvalue weighted by Gasteiger charge is -2.04. The highest BCUT2D eigenvalue weighted by Crippen LogP contribution is 2.17. The SMILES string of the molecule is O=C(Nc1cc(Cl)ncn1)c1ccc(F)c(Cl)c1. The summed E-state index contributed by atoms with van der Waals surface area (Å²) in [6, 6.07) is 5.06. The zero-order valence-corrected chi connectivity index (χ0v) is 10.3. The van der Waals surface area contributed by atoms with E-state index in [4.69, 9.17) is 23.2 Å². The average molecular weight is 286 g/mol. The average Bonchev–Trinajstić information content (AvgIpc) is 2.32. The first-order valence-electron chi connectivity index (χ1n) is 4.80. The maximum atomic E-state index is 12.9. The van der Waals surface area contributed by atoms with Crippen molar-refractivity contribution >= 4 is 34.9 Å². The molecule has 0 aliphatic carbocycles. The van der Waals surface area contributed by atoms with Crippen molar-refractivity contribution in [3.63, 3.8) is 0 Å². The third-order valence-electron chi connectivity index (χ3n) is 2.06. The molecule has 2 aromatic rings. The van der Waals surface area contributed by atoms with E-state index >= 15 is 0 Å². The van der Waals surface area contributed by atoms with Gasteiger partial charge in [0.1, 0.15) is 23.1 Å². The number of nitrogens with one attached hydrogen (secondary N) is 1. The van der Waals surface area contributed by atoms with Crippen LogP contribution in [0.5, 0.6) is 0 Å². The second kappa shape index (κ2) is 5.29. The minimum atomic E-state index is -0.585. The first-order chi connectivity index (χ1) is 8.56. The number of nitrogens with zero attached hydrogens (tertiary/aromatic N) is 2. The van der Waals surface area contributed by atoms with Crippen LogP contribution < -0.4 is 5.32 Å². The van der Waals surface area contributed by atoms with Crippen molar-refractivity contribution in [2.75, 3.05) is 5.32 Å². The van der Waals surface area contributed by atoms with E-state index in [1.807, 2.05) is 0 Å². The number of hydrogen-bond acceptors (Lipinski definition) is 3. The van der Waals surface area contributed by atoms with Gasteiger partial charge in [-0.05, 0) is 18.2 Å². The molecule has 1 N–H and O–H groups in total. The summed E-state index contributed by atoms with van der Waals surface area (Å²) in [4.78, 5) is 19.3. The highest BCUT2D eigenvalue weighted by molar-refractivity contribution is 6.31. The summed E-state index contributed by atoms with van der Waals surface area (Å²) >= 11 is 11.2. The summed E-state index contributed by atoms with van der Waals surface area (Å²) in [6.07, 6.45) is 1.22. The number of hydrogen-bond donors (Lipinski definition) is 1. The molecule has 7 heteroatoms. The minimum absolute atomic E-state index is 0.122. The summed E-state index contributed by atoms with van der Waals surface area (Å²) in [7, 11) is 0. The lowest BCUT2D eigenvalue weighted by atomic mass is 10.2. The molecule has 1 heterocycles. The van der Waals surface area contributed by atoms with Crippen LogP contribution >= 0.6 is 23.2 Å². The number of anilines is 1. The largest absolute Gasteiger partial charge is 0.306 e. The zero-order chi connectivity index (χ0) is 13.1. The van der Waals surface area contributed by atoms with Crippen LogP contribution in [-0.2, 0) is 0 Å². The number of amides is 1. The van der Waals surface area contributed by atoms with E-state index in [0.29, 0.717) is 0 Å². The molecule has 0 aliphatic heterocycles. The Morgan fingerprint density at radius 2 is 2.00 bits per heavy atom. The van der Waals surface area contributed by atoms with Crippen molar-refractivity contribution in [1.29, 1.82) is 0 Å². The van der Waals surface area contributed by atoms with E-state index < -0.39 is 11.7 Å². The highest BCUT2D eigenvalue weighted by Gasteiger charge is 2.09. The molecular formula is C11H6Cl2FN3O. The molecule has 0 radical (unpaired) electrons. The van der Waals surface area contributed by atoms with E-state index in [1.54, 1.807) is 0 Å².